The Labute approximate surface area is 90.3 Å². The average molecular weight is 194 g/mol. The molecule has 6 heteroatoms. The zero-order valence-electron chi connectivity index (χ0n) is 6.95. The third-order valence-electron chi connectivity index (χ3n) is 0. The molecule has 0 aliphatic rings. The fourth-order valence-electron chi connectivity index (χ4n) is 0. The minimum atomic E-state index is -3.83. The first-order valence-electron chi connectivity index (χ1n) is 1.70. The molecule has 0 rings (SSSR count). The minimum absolute atomic E-state index is 0. The molecule has 0 saturated carbocycles. The van der Waals surface area contributed by atoms with Crippen molar-refractivity contribution in [3.05, 3.63) is 26.3 Å². The van der Waals surface area contributed by atoms with Crippen LogP contribution < -0.4 is 29.6 Å². The average Bonchev–Trinajstić information content (AvgIpc) is 1.72. The van der Waals surface area contributed by atoms with Gasteiger partial charge in [-0.2, -0.15) is 4.21 Å². The molecule has 0 spiro atoms. The van der Waals surface area contributed by atoms with Crippen molar-refractivity contribution in [2.45, 2.75) is 0 Å². The van der Waals surface area contributed by atoms with Crippen LogP contribution in [0, 0.1) is 0 Å². The quantitative estimate of drug-likeness (QED) is 0.360. The predicted molar refractivity (Wildman–Crippen MR) is 44.4 cm³/mol. The van der Waals surface area contributed by atoms with E-state index in [1.807, 2.05) is 0 Å². The fraction of sp³-hybridized carbons (Fsp3) is 0. The van der Waals surface area contributed by atoms with Crippen molar-refractivity contribution in [2.24, 2.45) is 0 Å². The summed E-state index contributed by atoms with van der Waals surface area (Å²) in [6.07, 6.45) is 0. The van der Waals surface area contributed by atoms with Crippen molar-refractivity contribution >= 4 is 20.2 Å². The van der Waals surface area contributed by atoms with Gasteiger partial charge >= 0.3 is 29.6 Å². The molecule has 0 heterocycles. The van der Waals surface area contributed by atoms with E-state index < -0.39 is 9.05 Å². The molecule has 0 aromatic rings. The van der Waals surface area contributed by atoms with E-state index in [9.17, 15) is 0 Å². The molecular formula is C4H11NaO3S2. The molecule has 0 saturated heterocycles. The first-order valence-corrected chi connectivity index (χ1v) is 4.10. The van der Waals surface area contributed by atoms with Crippen LogP contribution in [0.1, 0.15) is 1.43 Å². The third-order valence-corrected chi connectivity index (χ3v) is 0. The summed E-state index contributed by atoms with van der Waals surface area (Å²) >= 11 is 3.47. The van der Waals surface area contributed by atoms with Crippen molar-refractivity contribution in [1.82, 2.24) is 0 Å². The van der Waals surface area contributed by atoms with Gasteiger partial charge in [0.2, 0.25) is 0 Å². The van der Waals surface area contributed by atoms with Gasteiger partial charge in [0.25, 0.3) is 9.05 Å². The maximum absolute atomic E-state index is 9.11. The molecule has 0 radical (unpaired) electrons. The summed E-state index contributed by atoms with van der Waals surface area (Å²) in [7, 11) is -3.83. The number of rotatable bonds is 0. The van der Waals surface area contributed by atoms with Crippen molar-refractivity contribution in [2.75, 3.05) is 0 Å². The van der Waals surface area contributed by atoms with Crippen molar-refractivity contribution < 1.29 is 44.3 Å². The Morgan fingerprint density at radius 2 is 1.20 bits per heavy atom. The second kappa shape index (κ2) is 16.4. The Morgan fingerprint density at radius 3 is 1.20 bits per heavy atom. The second-order valence-electron chi connectivity index (χ2n) is 0.448. The van der Waals surface area contributed by atoms with Crippen molar-refractivity contribution in [3.8, 4) is 0 Å². The summed E-state index contributed by atoms with van der Waals surface area (Å²) in [5, 5.41) is 0. The van der Waals surface area contributed by atoms with Crippen LogP contribution in [-0.2, 0) is 20.2 Å². The summed E-state index contributed by atoms with van der Waals surface area (Å²) in [4.78, 5) is 0. The van der Waals surface area contributed by atoms with E-state index in [-0.39, 0.29) is 31.0 Å². The van der Waals surface area contributed by atoms with E-state index in [0.29, 0.717) is 0 Å². The molecule has 0 aliphatic carbocycles. The van der Waals surface area contributed by atoms with Crippen LogP contribution in [0.2, 0.25) is 0 Å². The monoisotopic (exact) mass is 194 g/mol. The van der Waals surface area contributed by atoms with Crippen LogP contribution in [-0.4, -0.2) is 13.3 Å². The van der Waals surface area contributed by atoms with E-state index >= 15 is 0 Å². The number of hydrogen-bond acceptors (Lipinski definition) is 2. The van der Waals surface area contributed by atoms with E-state index in [1.54, 1.807) is 0 Å². The molecule has 0 atom stereocenters. The largest absolute Gasteiger partial charge is 1.00 e. The summed E-state index contributed by atoms with van der Waals surface area (Å²) in [5.74, 6) is 0. The molecule has 0 aliphatic heterocycles. The van der Waals surface area contributed by atoms with Crippen LogP contribution in [0.5, 0.6) is 0 Å². The van der Waals surface area contributed by atoms with Crippen LogP contribution in [0.15, 0.2) is 26.3 Å². The first kappa shape index (κ1) is 22.4. The maximum Gasteiger partial charge on any atom is 1.00 e. The molecule has 58 valence electrons. The summed E-state index contributed by atoms with van der Waals surface area (Å²) in [6, 6.07) is 0. The van der Waals surface area contributed by atoms with Gasteiger partial charge in [0.05, 0.1) is 0 Å². The van der Waals surface area contributed by atoms with Gasteiger partial charge in [-0.1, -0.05) is 0 Å². The Bertz CT molecular complexity index is 126. The van der Waals surface area contributed by atoms with Crippen LogP contribution in [0.25, 0.3) is 0 Å². The Hall–Kier alpha value is 0.770. The fourth-order valence-corrected chi connectivity index (χ4v) is 0. The molecule has 0 aromatic carbocycles. The molecule has 2 N–H and O–H groups in total. The summed E-state index contributed by atoms with van der Waals surface area (Å²) in [6.45, 7) is 12.0. The Balaban J connectivity index is -0.0000000178. The van der Waals surface area contributed by atoms with Gasteiger partial charge in [-0.05, 0) is 0 Å². The zero-order chi connectivity index (χ0) is 8.50. The van der Waals surface area contributed by atoms with Crippen LogP contribution in [0.4, 0.5) is 0 Å². The van der Waals surface area contributed by atoms with Gasteiger partial charge in [-0.3, -0.25) is 9.11 Å². The minimum Gasteiger partial charge on any atom is -1.00 e. The van der Waals surface area contributed by atoms with E-state index in [4.69, 9.17) is 13.3 Å². The van der Waals surface area contributed by atoms with Crippen molar-refractivity contribution in [1.29, 1.82) is 0 Å². The van der Waals surface area contributed by atoms with Gasteiger partial charge in [0.15, 0.2) is 0 Å². The van der Waals surface area contributed by atoms with Gasteiger partial charge in [0, 0.05) is 11.2 Å². The summed E-state index contributed by atoms with van der Waals surface area (Å²) < 4.78 is 24.0. The molecule has 0 fully saturated rings. The molecular weight excluding hydrogens is 183 g/mol. The SMILES string of the molecule is C=C.C=C.O=S(O)(O)=S.[H-].[Na+]. The molecule has 0 unspecified atom stereocenters. The van der Waals surface area contributed by atoms with Crippen LogP contribution in [0.3, 0.4) is 0 Å². The maximum atomic E-state index is 9.11. The van der Waals surface area contributed by atoms with Gasteiger partial charge in [0.1, 0.15) is 0 Å². The molecule has 0 amide bonds. The first-order chi connectivity index (χ1) is 4.00. The van der Waals surface area contributed by atoms with Gasteiger partial charge in [-0.25, -0.2) is 0 Å². The summed E-state index contributed by atoms with van der Waals surface area (Å²) in [5.41, 5.74) is 0. The third kappa shape index (κ3) is 893. The topological polar surface area (TPSA) is 57.5 Å². The molecule has 3 nitrogen and oxygen atoms in total. The van der Waals surface area contributed by atoms with E-state index in [0.717, 1.165) is 0 Å². The van der Waals surface area contributed by atoms with Crippen molar-refractivity contribution in [3.63, 3.8) is 0 Å². The normalized spacial score (nSPS) is 6.60. The second-order valence-corrected chi connectivity index (χ2v) is 2.65. The van der Waals surface area contributed by atoms with Gasteiger partial charge in [-0.15, -0.1) is 26.3 Å². The Morgan fingerprint density at radius 1 is 1.20 bits per heavy atom. The molecule has 0 aromatic heterocycles. The zero-order valence-corrected chi connectivity index (χ0v) is 9.58. The Kier molecular flexibility index (Phi) is 36.8. The van der Waals surface area contributed by atoms with Crippen LogP contribution >= 0.6 is 0 Å². The predicted octanol–water partition coefficient (Wildman–Crippen LogP) is -1.60. The number of hydrogen-bond donors (Lipinski definition) is 2. The van der Waals surface area contributed by atoms with Gasteiger partial charge < -0.3 is 1.43 Å². The molecule has 10 heavy (non-hydrogen) atoms. The smallest absolute Gasteiger partial charge is 1.00 e. The standard InChI is InChI=1S/2C2H4.Na.H2O3S2.H/c2*1-2;;1-5(2,3)4;/h2*1-2H2;;(H2,1,2,3,4);/q;;+1;;-1. The van der Waals surface area contributed by atoms with E-state index in [2.05, 4.69) is 37.5 Å². The molecule has 0 bridgehead atoms. The van der Waals surface area contributed by atoms with E-state index in [1.165, 1.54) is 0 Å².